The van der Waals surface area contributed by atoms with E-state index in [0.29, 0.717) is 0 Å². The van der Waals surface area contributed by atoms with E-state index >= 15 is 0 Å². The lowest BCUT2D eigenvalue weighted by Gasteiger charge is -2.11. The standard InChI is InChI=1S/C24H16.BH3O2/c1-2-9-19-16-24-20(15-18(19)8-1)11-6-14-23(24)22-13-5-10-17-7-3-4-12-21(17)22;2-1-3/h1-16H;1-3H. The van der Waals surface area contributed by atoms with Gasteiger partial charge in [0.2, 0.25) is 0 Å². The van der Waals surface area contributed by atoms with Crippen molar-refractivity contribution in [3.63, 3.8) is 0 Å². The van der Waals surface area contributed by atoms with Crippen LogP contribution in [0.3, 0.4) is 0 Å². The van der Waals surface area contributed by atoms with Gasteiger partial charge in [-0.15, -0.1) is 0 Å². The molecule has 5 aromatic rings. The van der Waals surface area contributed by atoms with Crippen LogP contribution in [0.25, 0.3) is 43.4 Å². The Morgan fingerprint density at radius 3 is 1.63 bits per heavy atom. The molecule has 0 bridgehead atoms. The number of hydrogen-bond acceptors (Lipinski definition) is 2. The molecule has 2 N–H and O–H groups in total. The molecule has 130 valence electrons. The summed E-state index contributed by atoms with van der Waals surface area (Å²) in [6.07, 6.45) is 0. The van der Waals surface area contributed by atoms with Gasteiger partial charge in [-0.05, 0) is 55.6 Å². The summed E-state index contributed by atoms with van der Waals surface area (Å²) < 4.78 is 0. The van der Waals surface area contributed by atoms with E-state index in [9.17, 15) is 0 Å². The fourth-order valence-corrected chi connectivity index (χ4v) is 3.66. The van der Waals surface area contributed by atoms with Gasteiger partial charge < -0.3 is 10.0 Å². The van der Waals surface area contributed by atoms with Crippen LogP contribution in [0.1, 0.15) is 0 Å². The van der Waals surface area contributed by atoms with Gasteiger partial charge in [-0.25, -0.2) is 0 Å². The van der Waals surface area contributed by atoms with Gasteiger partial charge in [0.05, 0.1) is 0 Å². The van der Waals surface area contributed by atoms with E-state index < -0.39 is 7.69 Å². The summed E-state index contributed by atoms with van der Waals surface area (Å²) >= 11 is 0. The molecule has 0 aliphatic rings. The maximum absolute atomic E-state index is 7.12. The highest BCUT2D eigenvalue weighted by Crippen LogP contribution is 2.35. The fourth-order valence-electron chi connectivity index (χ4n) is 3.66. The molecule has 0 heterocycles. The van der Waals surface area contributed by atoms with Crippen LogP contribution in [0.5, 0.6) is 0 Å². The van der Waals surface area contributed by atoms with E-state index in [0.717, 1.165) is 0 Å². The Balaban J connectivity index is 0.000000565. The highest BCUT2D eigenvalue weighted by Gasteiger charge is 2.08. The smallest absolute Gasteiger partial charge is 0.430 e. The average Bonchev–Trinajstić information content (AvgIpc) is 2.72. The van der Waals surface area contributed by atoms with Gasteiger partial charge in [0.1, 0.15) is 0 Å². The first kappa shape index (κ1) is 17.3. The van der Waals surface area contributed by atoms with Crippen molar-refractivity contribution < 1.29 is 10.0 Å². The molecular weight excluding hydrogens is 331 g/mol. The molecular formula is C24H19BO2. The van der Waals surface area contributed by atoms with E-state index in [2.05, 4.69) is 97.1 Å². The van der Waals surface area contributed by atoms with Gasteiger partial charge in [-0.2, -0.15) is 0 Å². The predicted octanol–water partition coefficient (Wildman–Crippen LogP) is 5.05. The van der Waals surface area contributed by atoms with E-state index in [1.165, 1.54) is 43.4 Å². The Bertz CT molecular complexity index is 1230. The van der Waals surface area contributed by atoms with Gasteiger partial charge in [-0.3, -0.25) is 0 Å². The molecule has 0 amide bonds. The lowest BCUT2D eigenvalue weighted by atomic mass is 9.92. The van der Waals surface area contributed by atoms with Crippen LogP contribution in [0, 0.1) is 0 Å². The highest BCUT2D eigenvalue weighted by molar-refractivity contribution is 6.13. The molecule has 0 aromatic heterocycles. The summed E-state index contributed by atoms with van der Waals surface area (Å²) in [6, 6.07) is 35.0. The van der Waals surface area contributed by atoms with Crippen molar-refractivity contribution in [3.05, 3.63) is 97.1 Å². The van der Waals surface area contributed by atoms with Crippen LogP contribution >= 0.6 is 0 Å². The van der Waals surface area contributed by atoms with Crippen LogP contribution in [0.2, 0.25) is 0 Å². The van der Waals surface area contributed by atoms with Crippen molar-refractivity contribution in [2.24, 2.45) is 0 Å². The molecule has 0 radical (unpaired) electrons. The number of hydrogen-bond donors (Lipinski definition) is 2. The van der Waals surface area contributed by atoms with Crippen LogP contribution in [0.15, 0.2) is 97.1 Å². The largest absolute Gasteiger partial charge is 0.432 e. The Hall–Kier alpha value is -3.14. The van der Waals surface area contributed by atoms with Crippen molar-refractivity contribution in [2.75, 3.05) is 0 Å². The first-order chi connectivity index (χ1) is 13.3. The summed E-state index contributed by atoms with van der Waals surface area (Å²) in [5, 5.41) is 22.0. The highest BCUT2D eigenvalue weighted by atomic mass is 16.4. The molecule has 0 aliphatic heterocycles. The minimum atomic E-state index is -0.750. The third-order valence-corrected chi connectivity index (χ3v) is 4.83. The van der Waals surface area contributed by atoms with Crippen LogP contribution < -0.4 is 0 Å². The second-order valence-electron chi connectivity index (χ2n) is 6.39. The Kier molecular flexibility index (Phi) is 4.88. The zero-order valence-electron chi connectivity index (χ0n) is 14.8. The quantitative estimate of drug-likeness (QED) is 0.328. The SMILES string of the molecule is OBO.c1ccc2cc3c(-c4cccc5ccccc45)cccc3cc2c1. The van der Waals surface area contributed by atoms with E-state index in [1.54, 1.807) is 0 Å². The first-order valence-electron chi connectivity index (χ1n) is 8.93. The Labute approximate surface area is 158 Å². The zero-order chi connectivity index (χ0) is 18.6. The normalized spacial score (nSPS) is 10.6. The lowest BCUT2D eigenvalue weighted by molar-refractivity contribution is 0.448. The van der Waals surface area contributed by atoms with Crippen molar-refractivity contribution in [1.29, 1.82) is 0 Å². The molecule has 5 aromatic carbocycles. The molecule has 3 heteroatoms. The zero-order valence-corrected chi connectivity index (χ0v) is 14.8. The summed E-state index contributed by atoms with van der Waals surface area (Å²) in [6.45, 7) is 0. The van der Waals surface area contributed by atoms with E-state index in [4.69, 9.17) is 10.0 Å². The van der Waals surface area contributed by atoms with Crippen LogP contribution in [-0.4, -0.2) is 17.7 Å². The maximum atomic E-state index is 7.12. The molecule has 5 rings (SSSR count). The molecule has 0 unspecified atom stereocenters. The third-order valence-electron chi connectivity index (χ3n) is 4.83. The van der Waals surface area contributed by atoms with Gasteiger partial charge in [0.15, 0.2) is 0 Å². The molecule has 2 nitrogen and oxygen atoms in total. The molecule has 0 fully saturated rings. The van der Waals surface area contributed by atoms with Gasteiger partial charge in [-0.1, -0.05) is 84.9 Å². The van der Waals surface area contributed by atoms with Crippen molar-refractivity contribution >= 4 is 40.0 Å². The predicted molar refractivity (Wildman–Crippen MR) is 116 cm³/mol. The minimum absolute atomic E-state index is 0.750. The van der Waals surface area contributed by atoms with Crippen molar-refractivity contribution in [2.45, 2.75) is 0 Å². The van der Waals surface area contributed by atoms with Gasteiger partial charge >= 0.3 is 7.69 Å². The van der Waals surface area contributed by atoms with E-state index in [-0.39, 0.29) is 0 Å². The molecule has 27 heavy (non-hydrogen) atoms. The minimum Gasteiger partial charge on any atom is -0.430 e. The van der Waals surface area contributed by atoms with Crippen molar-refractivity contribution in [1.82, 2.24) is 0 Å². The van der Waals surface area contributed by atoms with Crippen LogP contribution in [-0.2, 0) is 0 Å². The van der Waals surface area contributed by atoms with Crippen molar-refractivity contribution in [3.8, 4) is 11.1 Å². The van der Waals surface area contributed by atoms with Crippen LogP contribution in [0.4, 0.5) is 0 Å². The second-order valence-corrected chi connectivity index (χ2v) is 6.39. The maximum Gasteiger partial charge on any atom is 0.432 e. The monoisotopic (exact) mass is 350 g/mol. The summed E-state index contributed by atoms with van der Waals surface area (Å²) in [4.78, 5) is 0. The average molecular weight is 350 g/mol. The summed E-state index contributed by atoms with van der Waals surface area (Å²) in [7, 11) is -0.750. The Morgan fingerprint density at radius 1 is 0.444 bits per heavy atom. The second kappa shape index (κ2) is 7.62. The molecule has 0 spiro atoms. The summed E-state index contributed by atoms with van der Waals surface area (Å²) in [5.41, 5.74) is 2.60. The molecule has 0 saturated heterocycles. The number of rotatable bonds is 1. The topological polar surface area (TPSA) is 40.5 Å². The van der Waals surface area contributed by atoms with E-state index in [1.807, 2.05) is 0 Å². The molecule has 0 aliphatic carbocycles. The fraction of sp³-hybridized carbons (Fsp3) is 0. The molecule has 0 atom stereocenters. The third kappa shape index (κ3) is 3.31. The number of benzene rings is 5. The Morgan fingerprint density at radius 2 is 0.926 bits per heavy atom. The number of fused-ring (bicyclic) bond motifs is 3. The molecule has 0 saturated carbocycles. The lowest BCUT2D eigenvalue weighted by Crippen LogP contribution is -1.84. The first-order valence-corrected chi connectivity index (χ1v) is 8.93. The van der Waals surface area contributed by atoms with Gasteiger partial charge in [0, 0.05) is 0 Å². The van der Waals surface area contributed by atoms with Gasteiger partial charge in [0.25, 0.3) is 0 Å². The summed E-state index contributed by atoms with van der Waals surface area (Å²) in [5.74, 6) is 0.